The van der Waals surface area contributed by atoms with Crippen LogP contribution in [0.2, 0.25) is 0 Å². The largest absolute Gasteiger partial charge is 0.473 e. The lowest BCUT2D eigenvalue weighted by molar-refractivity contribution is 0.0937. The molecule has 0 radical (unpaired) electrons. The number of hydrogen-bond acceptors (Lipinski definition) is 4. The molecule has 1 aromatic heterocycles. The third kappa shape index (κ3) is 5.24. The van der Waals surface area contributed by atoms with Crippen molar-refractivity contribution in [1.29, 1.82) is 0 Å². The van der Waals surface area contributed by atoms with Crippen molar-refractivity contribution in [1.82, 2.24) is 15.2 Å². The zero-order valence-electron chi connectivity index (χ0n) is 17.0. The highest BCUT2D eigenvalue weighted by atomic mass is 16.5. The lowest BCUT2D eigenvalue weighted by Gasteiger charge is -2.28. The van der Waals surface area contributed by atoms with Crippen LogP contribution in [0.4, 0.5) is 0 Å². The summed E-state index contributed by atoms with van der Waals surface area (Å²) < 4.78 is 5.76. The number of pyridine rings is 1. The Kier molecular flexibility index (Phi) is 6.72. The fourth-order valence-corrected chi connectivity index (χ4v) is 3.84. The highest BCUT2D eigenvalue weighted by Crippen LogP contribution is 2.24. The molecule has 2 aromatic carbocycles. The summed E-state index contributed by atoms with van der Waals surface area (Å²) in [5.74, 6) is 0.341. The Labute approximate surface area is 177 Å². The van der Waals surface area contributed by atoms with E-state index in [-0.39, 0.29) is 11.9 Å². The molecule has 0 spiro atoms. The van der Waals surface area contributed by atoms with Gasteiger partial charge < -0.3 is 10.1 Å². The summed E-state index contributed by atoms with van der Waals surface area (Å²) in [4.78, 5) is 19.5. The average Bonchev–Trinajstić information content (AvgIpc) is 3.34. The van der Waals surface area contributed by atoms with Gasteiger partial charge in [0.05, 0.1) is 6.04 Å². The zero-order valence-corrected chi connectivity index (χ0v) is 17.0. The van der Waals surface area contributed by atoms with Gasteiger partial charge in [0.1, 0.15) is 6.61 Å². The van der Waals surface area contributed by atoms with E-state index in [1.807, 2.05) is 36.4 Å². The second-order valence-electron chi connectivity index (χ2n) is 7.54. The highest BCUT2D eigenvalue weighted by molar-refractivity contribution is 5.94. The fourth-order valence-electron chi connectivity index (χ4n) is 3.84. The molecule has 3 aromatic rings. The van der Waals surface area contributed by atoms with Crippen LogP contribution in [0.5, 0.6) is 5.88 Å². The molecule has 1 atom stereocenters. The number of nitrogens with one attached hydrogen (secondary N) is 1. The molecule has 1 fully saturated rings. The second-order valence-corrected chi connectivity index (χ2v) is 7.54. The van der Waals surface area contributed by atoms with E-state index < -0.39 is 0 Å². The molecule has 1 amide bonds. The highest BCUT2D eigenvalue weighted by Gasteiger charge is 2.24. The van der Waals surface area contributed by atoms with E-state index in [1.165, 1.54) is 18.4 Å². The first kappa shape index (κ1) is 20.1. The van der Waals surface area contributed by atoms with Crippen molar-refractivity contribution in [2.24, 2.45) is 0 Å². The molecule has 5 heteroatoms. The third-order valence-corrected chi connectivity index (χ3v) is 5.45. The minimum Gasteiger partial charge on any atom is -0.473 e. The zero-order chi connectivity index (χ0) is 20.6. The van der Waals surface area contributed by atoms with Gasteiger partial charge >= 0.3 is 0 Å². The minimum atomic E-state index is -0.109. The molecule has 4 rings (SSSR count). The van der Waals surface area contributed by atoms with Gasteiger partial charge in [0.15, 0.2) is 0 Å². The Morgan fingerprint density at radius 1 is 1.00 bits per heavy atom. The number of ether oxygens (including phenoxy) is 1. The predicted octanol–water partition coefficient (Wildman–Crippen LogP) is 4.23. The van der Waals surface area contributed by atoms with Crippen LogP contribution < -0.4 is 10.1 Å². The Morgan fingerprint density at radius 3 is 2.43 bits per heavy atom. The number of likely N-dealkylation sites (tertiary alicyclic amines) is 1. The van der Waals surface area contributed by atoms with Crippen molar-refractivity contribution >= 4 is 5.91 Å². The first-order valence-corrected chi connectivity index (χ1v) is 10.5. The maximum atomic E-state index is 12.8. The fraction of sp³-hybridized carbons (Fsp3) is 0.280. The molecule has 1 N–H and O–H groups in total. The topological polar surface area (TPSA) is 54.5 Å². The van der Waals surface area contributed by atoms with Gasteiger partial charge in [0.25, 0.3) is 5.91 Å². The standard InChI is InChI=1S/C25H27N3O2/c29-25(22-13-14-26-24(17-22)30-19-20-9-3-1-4-10-20)27-18-23(28-15-7-8-16-28)21-11-5-2-6-12-21/h1-6,9-14,17,23H,7-8,15-16,18-19H2,(H,27,29). The molecule has 5 nitrogen and oxygen atoms in total. The second kappa shape index (κ2) is 10.0. The van der Waals surface area contributed by atoms with Gasteiger partial charge in [0.2, 0.25) is 5.88 Å². The smallest absolute Gasteiger partial charge is 0.251 e. The van der Waals surface area contributed by atoms with Crippen molar-refractivity contribution in [3.8, 4) is 5.88 Å². The third-order valence-electron chi connectivity index (χ3n) is 5.45. The molecule has 0 aliphatic carbocycles. The summed E-state index contributed by atoms with van der Waals surface area (Å²) >= 11 is 0. The number of benzene rings is 2. The molecule has 1 unspecified atom stereocenters. The number of amides is 1. The van der Waals surface area contributed by atoms with E-state index in [0.29, 0.717) is 24.6 Å². The molecule has 1 aliphatic rings. The molecule has 0 bridgehead atoms. The summed E-state index contributed by atoms with van der Waals surface area (Å²) in [7, 11) is 0. The Morgan fingerprint density at radius 2 is 1.70 bits per heavy atom. The van der Waals surface area contributed by atoms with E-state index in [2.05, 4.69) is 39.5 Å². The number of hydrogen-bond donors (Lipinski definition) is 1. The molecular weight excluding hydrogens is 374 g/mol. The lowest BCUT2D eigenvalue weighted by atomic mass is 10.1. The van der Waals surface area contributed by atoms with Crippen molar-refractivity contribution in [2.75, 3.05) is 19.6 Å². The predicted molar refractivity (Wildman–Crippen MR) is 117 cm³/mol. The van der Waals surface area contributed by atoms with E-state index in [0.717, 1.165) is 18.7 Å². The minimum absolute atomic E-state index is 0.109. The van der Waals surface area contributed by atoms with Gasteiger partial charge in [-0.1, -0.05) is 60.7 Å². The summed E-state index contributed by atoms with van der Waals surface area (Å²) in [6.07, 6.45) is 4.04. The molecular formula is C25H27N3O2. The molecule has 0 saturated carbocycles. The van der Waals surface area contributed by atoms with Gasteiger partial charge in [-0.05, 0) is 43.1 Å². The van der Waals surface area contributed by atoms with Crippen LogP contribution >= 0.6 is 0 Å². The summed E-state index contributed by atoms with van der Waals surface area (Å²) in [6, 6.07) is 23.9. The first-order chi connectivity index (χ1) is 14.8. The van der Waals surface area contributed by atoms with Crippen LogP contribution in [0, 0.1) is 0 Å². The van der Waals surface area contributed by atoms with Crippen LogP contribution in [-0.4, -0.2) is 35.4 Å². The summed E-state index contributed by atoms with van der Waals surface area (Å²) in [6.45, 7) is 3.14. The Bertz CT molecular complexity index is 941. The molecule has 1 aliphatic heterocycles. The van der Waals surface area contributed by atoms with Gasteiger partial charge in [-0.25, -0.2) is 4.98 Å². The monoisotopic (exact) mass is 401 g/mol. The molecule has 30 heavy (non-hydrogen) atoms. The van der Waals surface area contributed by atoms with Crippen molar-refractivity contribution in [2.45, 2.75) is 25.5 Å². The normalized spacial score (nSPS) is 14.9. The first-order valence-electron chi connectivity index (χ1n) is 10.5. The van der Waals surface area contributed by atoms with Crippen molar-refractivity contribution in [3.63, 3.8) is 0 Å². The maximum Gasteiger partial charge on any atom is 0.251 e. The van der Waals surface area contributed by atoms with Crippen LogP contribution in [-0.2, 0) is 6.61 Å². The van der Waals surface area contributed by atoms with Gasteiger partial charge in [0, 0.05) is 24.4 Å². The van der Waals surface area contributed by atoms with Crippen LogP contribution in [0.25, 0.3) is 0 Å². The van der Waals surface area contributed by atoms with E-state index in [4.69, 9.17) is 4.74 Å². The van der Waals surface area contributed by atoms with Gasteiger partial charge in [-0.2, -0.15) is 0 Å². The summed E-state index contributed by atoms with van der Waals surface area (Å²) in [5, 5.41) is 3.11. The van der Waals surface area contributed by atoms with Crippen molar-refractivity contribution in [3.05, 3.63) is 95.7 Å². The Hall–Kier alpha value is -3.18. The number of carbonyl (C=O) groups is 1. The van der Waals surface area contributed by atoms with Gasteiger partial charge in [-0.3, -0.25) is 9.69 Å². The summed E-state index contributed by atoms with van der Waals surface area (Å²) in [5.41, 5.74) is 2.85. The lowest BCUT2D eigenvalue weighted by Crippen LogP contribution is -2.36. The van der Waals surface area contributed by atoms with Crippen LogP contribution in [0.15, 0.2) is 79.0 Å². The Balaban J connectivity index is 1.39. The number of nitrogens with zero attached hydrogens (tertiary/aromatic N) is 2. The molecule has 154 valence electrons. The quantitative estimate of drug-likeness (QED) is 0.614. The van der Waals surface area contributed by atoms with E-state index >= 15 is 0 Å². The van der Waals surface area contributed by atoms with Crippen molar-refractivity contribution < 1.29 is 9.53 Å². The van der Waals surface area contributed by atoms with E-state index in [9.17, 15) is 4.79 Å². The molecule has 2 heterocycles. The molecule has 1 saturated heterocycles. The number of rotatable bonds is 8. The number of carbonyl (C=O) groups excluding carboxylic acids is 1. The van der Waals surface area contributed by atoms with Crippen LogP contribution in [0.1, 0.15) is 40.4 Å². The van der Waals surface area contributed by atoms with Crippen LogP contribution in [0.3, 0.4) is 0 Å². The van der Waals surface area contributed by atoms with E-state index in [1.54, 1.807) is 18.3 Å². The maximum absolute atomic E-state index is 12.8. The van der Waals surface area contributed by atoms with Gasteiger partial charge in [-0.15, -0.1) is 0 Å². The average molecular weight is 402 g/mol. The SMILES string of the molecule is O=C(NCC(c1ccccc1)N1CCCC1)c1ccnc(OCc2ccccc2)c1. The number of aromatic nitrogens is 1.